The fourth-order valence-corrected chi connectivity index (χ4v) is 2.63. The van der Waals surface area contributed by atoms with Crippen LogP contribution in [0, 0.1) is 0 Å². The summed E-state index contributed by atoms with van der Waals surface area (Å²) in [5.74, 6) is 0.617. The Labute approximate surface area is 140 Å². The van der Waals surface area contributed by atoms with Gasteiger partial charge in [0.15, 0.2) is 0 Å². The maximum Gasteiger partial charge on any atom is 0.240 e. The lowest BCUT2D eigenvalue weighted by Gasteiger charge is -2.12. The molecule has 0 spiro atoms. The zero-order chi connectivity index (χ0) is 16.8. The number of hydrogen-bond acceptors (Lipinski definition) is 3. The van der Waals surface area contributed by atoms with Crippen LogP contribution in [0.1, 0.15) is 5.56 Å². The van der Waals surface area contributed by atoms with Crippen LogP contribution in [-0.4, -0.2) is 28.8 Å². The zero-order valence-corrected chi connectivity index (χ0v) is 13.3. The lowest BCUT2D eigenvalue weighted by atomic mass is 10.2. The molecule has 0 radical (unpaired) electrons. The number of carbonyl (C=O) groups excluding carboxylic acids is 1. The first-order valence-corrected chi connectivity index (χ1v) is 7.90. The van der Waals surface area contributed by atoms with Crippen LogP contribution in [0.3, 0.4) is 0 Å². The molecule has 0 bridgehead atoms. The van der Waals surface area contributed by atoms with Crippen LogP contribution in [-0.2, 0) is 17.9 Å². The number of benzene rings is 2. The van der Waals surface area contributed by atoms with Crippen molar-refractivity contribution in [2.75, 3.05) is 13.2 Å². The highest BCUT2D eigenvalue weighted by Gasteiger charge is 2.08. The predicted octanol–water partition coefficient (Wildman–Crippen LogP) is 2.33. The van der Waals surface area contributed by atoms with Gasteiger partial charge in [-0.25, -0.2) is 0 Å². The van der Waals surface area contributed by atoms with Gasteiger partial charge in [0, 0.05) is 23.8 Å². The Morgan fingerprint density at radius 2 is 1.88 bits per heavy atom. The molecule has 1 aromatic heterocycles. The molecule has 0 unspecified atom stereocenters. The van der Waals surface area contributed by atoms with E-state index in [9.17, 15) is 4.79 Å². The van der Waals surface area contributed by atoms with Gasteiger partial charge >= 0.3 is 0 Å². The van der Waals surface area contributed by atoms with Crippen molar-refractivity contribution in [3.05, 3.63) is 66.4 Å². The number of rotatable bonds is 7. The molecule has 124 valence electrons. The van der Waals surface area contributed by atoms with E-state index >= 15 is 0 Å². The van der Waals surface area contributed by atoms with Gasteiger partial charge in [-0.3, -0.25) is 4.79 Å². The fraction of sp³-hybridized carbons (Fsp3) is 0.211. The number of aliphatic hydroxyl groups is 1. The van der Waals surface area contributed by atoms with Gasteiger partial charge in [-0.2, -0.15) is 0 Å². The minimum Gasteiger partial charge on any atom is -0.491 e. The molecule has 1 amide bonds. The summed E-state index contributed by atoms with van der Waals surface area (Å²) in [7, 11) is 0. The number of fused-ring (bicyclic) bond motifs is 1. The number of nitrogens with one attached hydrogen (secondary N) is 1. The Morgan fingerprint density at radius 1 is 1.08 bits per heavy atom. The van der Waals surface area contributed by atoms with E-state index in [1.54, 1.807) is 0 Å². The van der Waals surface area contributed by atoms with Crippen molar-refractivity contribution in [1.29, 1.82) is 0 Å². The number of nitrogens with zero attached hydrogens (tertiary/aromatic N) is 1. The van der Waals surface area contributed by atoms with Gasteiger partial charge in [-0.15, -0.1) is 0 Å². The number of carbonyl (C=O) groups is 1. The monoisotopic (exact) mass is 324 g/mol. The van der Waals surface area contributed by atoms with Gasteiger partial charge in [0.05, 0.1) is 6.61 Å². The molecule has 0 atom stereocenters. The first-order valence-electron chi connectivity index (χ1n) is 7.90. The van der Waals surface area contributed by atoms with Gasteiger partial charge in [-0.1, -0.05) is 36.4 Å². The van der Waals surface area contributed by atoms with Crippen molar-refractivity contribution in [2.45, 2.75) is 13.1 Å². The summed E-state index contributed by atoms with van der Waals surface area (Å²) in [4.78, 5) is 12.2. The highest BCUT2D eigenvalue weighted by molar-refractivity contribution is 5.83. The maximum atomic E-state index is 12.2. The summed E-state index contributed by atoms with van der Waals surface area (Å²) in [6.45, 7) is 0.856. The van der Waals surface area contributed by atoms with Crippen LogP contribution in [0.5, 0.6) is 5.75 Å². The minimum atomic E-state index is -0.0617. The second-order valence-electron chi connectivity index (χ2n) is 5.46. The van der Waals surface area contributed by atoms with E-state index in [-0.39, 0.29) is 25.7 Å². The summed E-state index contributed by atoms with van der Waals surface area (Å²) in [6, 6.07) is 17.5. The SMILES string of the molecule is O=C(Cn1ccc2ccccc21)NCc1ccccc1OCCO. The van der Waals surface area contributed by atoms with Crippen molar-refractivity contribution in [3.63, 3.8) is 0 Å². The molecule has 0 saturated carbocycles. The van der Waals surface area contributed by atoms with Crippen molar-refractivity contribution < 1.29 is 14.6 Å². The summed E-state index contributed by atoms with van der Waals surface area (Å²) < 4.78 is 7.41. The number of aliphatic hydroxyl groups excluding tert-OH is 1. The molecular weight excluding hydrogens is 304 g/mol. The predicted molar refractivity (Wildman–Crippen MR) is 92.8 cm³/mol. The second kappa shape index (κ2) is 7.66. The highest BCUT2D eigenvalue weighted by Crippen LogP contribution is 2.18. The molecule has 24 heavy (non-hydrogen) atoms. The standard InChI is InChI=1S/C19H20N2O3/c22-11-12-24-18-8-4-2-6-16(18)13-20-19(23)14-21-10-9-15-5-1-3-7-17(15)21/h1-10,22H,11-14H2,(H,20,23). The molecule has 1 heterocycles. The Bertz CT molecular complexity index is 826. The summed E-state index contributed by atoms with van der Waals surface area (Å²) in [5, 5.41) is 12.9. The Kier molecular flexibility index (Phi) is 5.13. The zero-order valence-electron chi connectivity index (χ0n) is 13.3. The Balaban J connectivity index is 1.62. The molecule has 0 saturated heterocycles. The molecule has 0 aliphatic carbocycles. The molecule has 2 aromatic carbocycles. The van der Waals surface area contributed by atoms with Gasteiger partial charge in [0.2, 0.25) is 5.91 Å². The van der Waals surface area contributed by atoms with E-state index in [1.165, 1.54) is 0 Å². The summed E-state index contributed by atoms with van der Waals surface area (Å²) in [6.07, 6.45) is 1.92. The number of hydrogen-bond donors (Lipinski definition) is 2. The number of amides is 1. The van der Waals surface area contributed by atoms with E-state index in [4.69, 9.17) is 9.84 Å². The van der Waals surface area contributed by atoms with Crippen molar-refractivity contribution in [3.8, 4) is 5.75 Å². The Hall–Kier alpha value is -2.79. The maximum absolute atomic E-state index is 12.2. The van der Waals surface area contributed by atoms with Gasteiger partial charge in [0.1, 0.15) is 18.9 Å². The third-order valence-electron chi connectivity index (χ3n) is 3.79. The van der Waals surface area contributed by atoms with Crippen LogP contribution in [0.2, 0.25) is 0 Å². The third-order valence-corrected chi connectivity index (χ3v) is 3.79. The van der Waals surface area contributed by atoms with E-state index in [2.05, 4.69) is 5.32 Å². The van der Waals surface area contributed by atoms with Crippen LogP contribution in [0.15, 0.2) is 60.8 Å². The normalized spacial score (nSPS) is 10.7. The van der Waals surface area contributed by atoms with Gasteiger partial charge in [-0.05, 0) is 23.6 Å². The first-order chi connectivity index (χ1) is 11.8. The average molecular weight is 324 g/mol. The van der Waals surface area contributed by atoms with Gasteiger partial charge in [0.25, 0.3) is 0 Å². The molecule has 0 aliphatic rings. The lowest BCUT2D eigenvalue weighted by molar-refractivity contribution is -0.121. The Morgan fingerprint density at radius 3 is 2.75 bits per heavy atom. The third kappa shape index (κ3) is 3.75. The van der Waals surface area contributed by atoms with Crippen LogP contribution in [0.25, 0.3) is 10.9 Å². The van der Waals surface area contributed by atoms with Gasteiger partial charge < -0.3 is 19.7 Å². The number of aromatic nitrogens is 1. The van der Waals surface area contributed by atoms with Crippen molar-refractivity contribution in [2.24, 2.45) is 0 Å². The fourth-order valence-electron chi connectivity index (χ4n) is 2.63. The second-order valence-corrected chi connectivity index (χ2v) is 5.46. The topological polar surface area (TPSA) is 63.5 Å². The van der Waals surface area contributed by atoms with Crippen LogP contribution < -0.4 is 10.1 Å². The molecule has 3 rings (SSSR count). The van der Waals surface area contributed by atoms with E-state index in [0.29, 0.717) is 12.3 Å². The quantitative estimate of drug-likeness (QED) is 0.701. The van der Waals surface area contributed by atoms with Crippen LogP contribution >= 0.6 is 0 Å². The molecule has 5 heteroatoms. The molecule has 2 N–H and O–H groups in total. The molecular formula is C19H20N2O3. The summed E-state index contributed by atoms with van der Waals surface area (Å²) >= 11 is 0. The van der Waals surface area contributed by atoms with E-state index in [1.807, 2.05) is 65.4 Å². The molecule has 0 fully saturated rings. The van der Waals surface area contributed by atoms with Crippen molar-refractivity contribution >= 4 is 16.8 Å². The smallest absolute Gasteiger partial charge is 0.240 e. The lowest BCUT2D eigenvalue weighted by Crippen LogP contribution is -2.27. The molecule has 3 aromatic rings. The molecule has 0 aliphatic heterocycles. The van der Waals surface area contributed by atoms with E-state index < -0.39 is 0 Å². The molecule has 5 nitrogen and oxygen atoms in total. The first kappa shape index (κ1) is 16.1. The highest BCUT2D eigenvalue weighted by atomic mass is 16.5. The minimum absolute atomic E-state index is 0.0403. The van der Waals surface area contributed by atoms with Crippen LogP contribution in [0.4, 0.5) is 0 Å². The van der Waals surface area contributed by atoms with Crippen molar-refractivity contribution in [1.82, 2.24) is 9.88 Å². The number of ether oxygens (including phenoxy) is 1. The average Bonchev–Trinajstić information content (AvgIpc) is 3.02. The largest absolute Gasteiger partial charge is 0.491 e. The summed E-state index contributed by atoms with van der Waals surface area (Å²) in [5.41, 5.74) is 1.93. The number of para-hydroxylation sites is 2. The van der Waals surface area contributed by atoms with E-state index in [0.717, 1.165) is 16.5 Å².